The van der Waals surface area contributed by atoms with Gasteiger partial charge in [0.15, 0.2) is 0 Å². The summed E-state index contributed by atoms with van der Waals surface area (Å²) in [5.74, 6) is 0. The number of aryl methyl sites for hydroxylation is 1. The molecule has 16 heavy (non-hydrogen) atoms. The lowest BCUT2D eigenvalue weighted by Crippen LogP contribution is -2.08. The highest BCUT2D eigenvalue weighted by Crippen LogP contribution is 2.27. The Labute approximate surface area is 100 Å². The van der Waals surface area contributed by atoms with Crippen molar-refractivity contribution in [2.45, 2.75) is 19.9 Å². The number of para-hydroxylation sites is 1. The molecule has 0 aliphatic carbocycles. The van der Waals surface area contributed by atoms with Crippen LogP contribution >= 0.6 is 11.3 Å². The maximum atomic E-state index is 6.02. The van der Waals surface area contributed by atoms with Crippen molar-refractivity contribution in [2.75, 3.05) is 11.1 Å². The SMILES string of the molecule is Cc1cccc(NC(C)c2ccsc2)c1N. The van der Waals surface area contributed by atoms with E-state index in [1.807, 2.05) is 25.1 Å². The van der Waals surface area contributed by atoms with Crippen molar-refractivity contribution < 1.29 is 0 Å². The lowest BCUT2D eigenvalue weighted by Gasteiger charge is -2.16. The van der Waals surface area contributed by atoms with E-state index < -0.39 is 0 Å². The van der Waals surface area contributed by atoms with Crippen LogP contribution in [0.25, 0.3) is 0 Å². The molecule has 0 saturated carbocycles. The lowest BCUT2D eigenvalue weighted by molar-refractivity contribution is 0.891. The Kier molecular flexibility index (Phi) is 3.15. The van der Waals surface area contributed by atoms with Crippen LogP contribution in [0.3, 0.4) is 0 Å². The maximum absolute atomic E-state index is 6.02. The maximum Gasteiger partial charge on any atom is 0.0581 e. The third kappa shape index (κ3) is 2.19. The summed E-state index contributed by atoms with van der Waals surface area (Å²) in [6.45, 7) is 4.17. The molecule has 1 unspecified atom stereocenters. The number of nitrogen functional groups attached to an aromatic ring is 1. The van der Waals surface area contributed by atoms with Crippen LogP contribution in [0.2, 0.25) is 0 Å². The van der Waals surface area contributed by atoms with Crippen LogP contribution in [-0.2, 0) is 0 Å². The van der Waals surface area contributed by atoms with E-state index in [0.29, 0.717) is 0 Å². The van der Waals surface area contributed by atoms with Gasteiger partial charge in [0.05, 0.1) is 11.4 Å². The Balaban J connectivity index is 2.18. The number of benzene rings is 1. The van der Waals surface area contributed by atoms with Crippen molar-refractivity contribution in [3.63, 3.8) is 0 Å². The van der Waals surface area contributed by atoms with Gasteiger partial charge in [-0.05, 0) is 47.9 Å². The first kappa shape index (κ1) is 11.0. The average Bonchev–Trinajstić information content (AvgIpc) is 2.78. The number of nitrogens with two attached hydrogens (primary N) is 1. The minimum Gasteiger partial charge on any atom is -0.397 e. The smallest absolute Gasteiger partial charge is 0.0581 e. The molecule has 1 aromatic carbocycles. The predicted molar refractivity (Wildman–Crippen MR) is 71.9 cm³/mol. The zero-order chi connectivity index (χ0) is 11.5. The molecule has 1 heterocycles. The summed E-state index contributed by atoms with van der Waals surface area (Å²) in [6.07, 6.45) is 0. The Morgan fingerprint density at radius 2 is 2.12 bits per heavy atom. The molecule has 3 N–H and O–H groups in total. The number of hydrogen-bond donors (Lipinski definition) is 2. The standard InChI is InChI=1S/C13H16N2S/c1-9-4-3-5-12(13(9)14)15-10(2)11-6-7-16-8-11/h3-8,10,15H,14H2,1-2H3. The molecule has 2 nitrogen and oxygen atoms in total. The fourth-order valence-electron chi connectivity index (χ4n) is 1.64. The molecule has 0 saturated heterocycles. The first-order chi connectivity index (χ1) is 7.68. The van der Waals surface area contributed by atoms with Gasteiger partial charge < -0.3 is 11.1 Å². The molecule has 84 valence electrons. The molecule has 0 radical (unpaired) electrons. The summed E-state index contributed by atoms with van der Waals surface area (Å²) in [5, 5.41) is 7.68. The molecule has 1 atom stereocenters. The predicted octanol–water partition coefficient (Wildman–Crippen LogP) is 3.81. The fraction of sp³-hybridized carbons (Fsp3) is 0.231. The second-order valence-electron chi connectivity index (χ2n) is 3.96. The minimum atomic E-state index is 0.287. The second kappa shape index (κ2) is 4.58. The van der Waals surface area contributed by atoms with Gasteiger partial charge in [-0.25, -0.2) is 0 Å². The zero-order valence-electron chi connectivity index (χ0n) is 9.53. The van der Waals surface area contributed by atoms with Crippen molar-refractivity contribution in [3.8, 4) is 0 Å². The molecular weight excluding hydrogens is 216 g/mol. The van der Waals surface area contributed by atoms with Gasteiger partial charge >= 0.3 is 0 Å². The highest BCUT2D eigenvalue weighted by molar-refractivity contribution is 7.07. The number of hydrogen-bond acceptors (Lipinski definition) is 3. The molecule has 0 bridgehead atoms. The van der Waals surface area contributed by atoms with E-state index in [2.05, 4.69) is 29.1 Å². The van der Waals surface area contributed by atoms with E-state index >= 15 is 0 Å². The zero-order valence-corrected chi connectivity index (χ0v) is 10.3. The molecule has 2 aromatic rings. The third-order valence-corrected chi connectivity index (χ3v) is 3.44. The number of nitrogens with one attached hydrogen (secondary N) is 1. The van der Waals surface area contributed by atoms with Crippen LogP contribution < -0.4 is 11.1 Å². The largest absolute Gasteiger partial charge is 0.397 e. The van der Waals surface area contributed by atoms with Crippen molar-refractivity contribution >= 4 is 22.7 Å². The lowest BCUT2D eigenvalue weighted by atomic mass is 10.1. The molecular formula is C13H16N2S. The summed E-state index contributed by atoms with van der Waals surface area (Å²) < 4.78 is 0. The summed E-state index contributed by atoms with van der Waals surface area (Å²) in [5.41, 5.74) is 10.3. The van der Waals surface area contributed by atoms with Gasteiger partial charge in [-0.1, -0.05) is 12.1 Å². The van der Waals surface area contributed by atoms with E-state index in [4.69, 9.17) is 5.73 Å². The van der Waals surface area contributed by atoms with Gasteiger partial charge in [-0.3, -0.25) is 0 Å². The van der Waals surface area contributed by atoms with Crippen LogP contribution in [0.4, 0.5) is 11.4 Å². The topological polar surface area (TPSA) is 38.0 Å². The second-order valence-corrected chi connectivity index (χ2v) is 4.74. The quantitative estimate of drug-likeness (QED) is 0.790. The minimum absolute atomic E-state index is 0.287. The molecule has 0 spiro atoms. The van der Waals surface area contributed by atoms with Crippen molar-refractivity contribution in [1.29, 1.82) is 0 Å². The number of thiophene rings is 1. The fourth-order valence-corrected chi connectivity index (χ4v) is 2.40. The van der Waals surface area contributed by atoms with Crippen molar-refractivity contribution in [3.05, 3.63) is 46.2 Å². The normalized spacial score (nSPS) is 12.4. The van der Waals surface area contributed by atoms with Crippen molar-refractivity contribution in [2.24, 2.45) is 0 Å². The van der Waals surface area contributed by atoms with E-state index in [0.717, 1.165) is 16.9 Å². The molecule has 0 aliphatic heterocycles. The molecule has 0 aliphatic rings. The summed E-state index contributed by atoms with van der Waals surface area (Å²) in [7, 11) is 0. The number of anilines is 2. The van der Waals surface area contributed by atoms with Crippen molar-refractivity contribution in [1.82, 2.24) is 0 Å². The van der Waals surface area contributed by atoms with E-state index in [1.54, 1.807) is 11.3 Å². The molecule has 1 aromatic heterocycles. The third-order valence-electron chi connectivity index (χ3n) is 2.74. The molecule has 0 fully saturated rings. The van der Waals surface area contributed by atoms with Gasteiger partial charge in [0.2, 0.25) is 0 Å². The van der Waals surface area contributed by atoms with Crippen LogP contribution in [-0.4, -0.2) is 0 Å². The van der Waals surface area contributed by atoms with Gasteiger partial charge in [-0.15, -0.1) is 0 Å². The average molecular weight is 232 g/mol. The Hall–Kier alpha value is -1.48. The van der Waals surface area contributed by atoms with E-state index in [1.165, 1.54) is 5.56 Å². The molecule has 3 heteroatoms. The van der Waals surface area contributed by atoms with Crippen LogP contribution in [0.1, 0.15) is 24.1 Å². The van der Waals surface area contributed by atoms with Gasteiger partial charge in [0.25, 0.3) is 0 Å². The van der Waals surface area contributed by atoms with Gasteiger partial charge in [0, 0.05) is 6.04 Å². The first-order valence-electron chi connectivity index (χ1n) is 5.32. The Bertz CT molecular complexity index is 463. The van der Waals surface area contributed by atoms with Gasteiger partial charge in [0.1, 0.15) is 0 Å². The summed E-state index contributed by atoms with van der Waals surface area (Å²) in [4.78, 5) is 0. The van der Waals surface area contributed by atoms with E-state index in [9.17, 15) is 0 Å². The number of rotatable bonds is 3. The van der Waals surface area contributed by atoms with Crippen LogP contribution in [0, 0.1) is 6.92 Å². The highest BCUT2D eigenvalue weighted by Gasteiger charge is 2.08. The monoisotopic (exact) mass is 232 g/mol. The van der Waals surface area contributed by atoms with Crippen LogP contribution in [0.5, 0.6) is 0 Å². The van der Waals surface area contributed by atoms with E-state index in [-0.39, 0.29) is 6.04 Å². The summed E-state index contributed by atoms with van der Waals surface area (Å²) in [6, 6.07) is 8.49. The Morgan fingerprint density at radius 1 is 1.31 bits per heavy atom. The first-order valence-corrected chi connectivity index (χ1v) is 6.26. The Morgan fingerprint density at radius 3 is 2.81 bits per heavy atom. The summed E-state index contributed by atoms with van der Waals surface area (Å²) >= 11 is 1.71. The van der Waals surface area contributed by atoms with Gasteiger partial charge in [-0.2, -0.15) is 11.3 Å². The molecule has 2 rings (SSSR count). The molecule has 0 amide bonds. The highest BCUT2D eigenvalue weighted by atomic mass is 32.1. The van der Waals surface area contributed by atoms with Crippen LogP contribution in [0.15, 0.2) is 35.0 Å².